The van der Waals surface area contributed by atoms with Crippen molar-refractivity contribution < 1.29 is 14.4 Å². The minimum Gasteiger partial charge on any atom is -0.354 e. The average Bonchev–Trinajstić information content (AvgIpc) is 2.87. The highest BCUT2D eigenvalue weighted by Gasteiger charge is 2.33. The minimum atomic E-state index is -0.440. The average molecular weight is 383 g/mol. The van der Waals surface area contributed by atoms with E-state index in [-0.39, 0.29) is 17.7 Å². The molecule has 0 aromatic heterocycles. The van der Waals surface area contributed by atoms with Crippen LogP contribution in [0, 0.1) is 5.92 Å². The first-order valence-corrected chi connectivity index (χ1v) is 10.1. The van der Waals surface area contributed by atoms with E-state index in [9.17, 15) is 14.4 Å². The molecule has 6 nitrogen and oxygen atoms in total. The van der Waals surface area contributed by atoms with E-state index in [2.05, 4.69) is 25.7 Å². The maximum atomic E-state index is 13.3. The second-order valence-electron chi connectivity index (χ2n) is 7.93. The Hall–Kier alpha value is -2.63. The summed E-state index contributed by atoms with van der Waals surface area (Å²) < 4.78 is 0. The Bertz CT molecular complexity index is 787. The van der Waals surface area contributed by atoms with E-state index >= 15 is 0 Å². The predicted molar refractivity (Wildman–Crippen MR) is 109 cm³/mol. The molecule has 1 N–H and O–H groups in total. The Balaban J connectivity index is 1.89. The third-order valence-corrected chi connectivity index (χ3v) is 5.40. The van der Waals surface area contributed by atoms with Gasteiger partial charge in [-0.05, 0) is 61.4 Å². The lowest BCUT2D eigenvalue weighted by molar-refractivity contribution is -0.125. The number of aryl methyl sites for hydroxylation is 1. The van der Waals surface area contributed by atoms with Crippen LogP contribution in [0.5, 0.6) is 0 Å². The Kier molecular flexibility index (Phi) is 6.17. The summed E-state index contributed by atoms with van der Waals surface area (Å²) in [5, 5.41) is 2.92. The molecule has 1 unspecified atom stereocenters. The Morgan fingerprint density at radius 1 is 1.29 bits per heavy atom. The molecule has 6 heteroatoms. The minimum absolute atomic E-state index is 0.0692. The van der Waals surface area contributed by atoms with Crippen LogP contribution in [0.4, 0.5) is 5.69 Å². The summed E-state index contributed by atoms with van der Waals surface area (Å²) in [6, 6.07) is 5.06. The topological polar surface area (TPSA) is 69.7 Å². The number of amides is 3. The summed E-state index contributed by atoms with van der Waals surface area (Å²) in [4.78, 5) is 41.4. The van der Waals surface area contributed by atoms with Gasteiger partial charge in [0.15, 0.2) is 0 Å². The Morgan fingerprint density at radius 3 is 2.79 bits per heavy atom. The molecule has 0 aliphatic carbocycles. The lowest BCUT2D eigenvalue weighted by atomic mass is 9.97. The number of hydrogen-bond acceptors (Lipinski definition) is 3. The Labute approximate surface area is 166 Å². The van der Waals surface area contributed by atoms with Gasteiger partial charge in [-0.15, -0.1) is 0 Å². The smallest absolute Gasteiger partial charge is 0.254 e. The van der Waals surface area contributed by atoms with Gasteiger partial charge in [0.2, 0.25) is 11.8 Å². The molecule has 2 heterocycles. The van der Waals surface area contributed by atoms with E-state index in [1.54, 1.807) is 15.9 Å². The van der Waals surface area contributed by atoms with Crippen molar-refractivity contribution in [3.8, 4) is 0 Å². The van der Waals surface area contributed by atoms with Crippen molar-refractivity contribution in [3.63, 3.8) is 0 Å². The molecule has 1 aromatic rings. The number of rotatable bonds is 4. The number of fused-ring (bicyclic) bond motifs is 1. The Morgan fingerprint density at radius 2 is 2.07 bits per heavy atom. The van der Waals surface area contributed by atoms with Crippen LogP contribution < -0.4 is 10.2 Å². The highest BCUT2D eigenvalue weighted by molar-refractivity contribution is 6.03. The molecular weight excluding hydrogens is 354 g/mol. The zero-order valence-corrected chi connectivity index (χ0v) is 16.7. The molecule has 3 rings (SSSR count). The maximum Gasteiger partial charge on any atom is 0.254 e. The normalized spacial score (nSPS) is 19.7. The van der Waals surface area contributed by atoms with E-state index in [0.29, 0.717) is 37.5 Å². The molecule has 0 bridgehead atoms. The van der Waals surface area contributed by atoms with Crippen LogP contribution in [0.2, 0.25) is 0 Å². The van der Waals surface area contributed by atoms with Crippen molar-refractivity contribution in [2.24, 2.45) is 5.92 Å². The molecule has 1 aromatic carbocycles. The first kappa shape index (κ1) is 20.1. The fourth-order valence-electron chi connectivity index (χ4n) is 4.04. The first-order chi connectivity index (χ1) is 13.4. The van der Waals surface area contributed by atoms with Crippen LogP contribution in [-0.2, 0) is 16.0 Å². The molecule has 3 amide bonds. The van der Waals surface area contributed by atoms with E-state index in [4.69, 9.17) is 0 Å². The molecule has 150 valence electrons. The maximum absolute atomic E-state index is 13.3. The molecule has 1 saturated heterocycles. The van der Waals surface area contributed by atoms with Gasteiger partial charge in [0.1, 0.15) is 6.04 Å². The van der Waals surface area contributed by atoms with Gasteiger partial charge in [0.25, 0.3) is 5.91 Å². The van der Waals surface area contributed by atoms with Gasteiger partial charge in [0, 0.05) is 30.9 Å². The van der Waals surface area contributed by atoms with Crippen molar-refractivity contribution in [1.29, 1.82) is 0 Å². The van der Waals surface area contributed by atoms with Crippen LogP contribution in [0.15, 0.2) is 30.9 Å². The second-order valence-corrected chi connectivity index (χ2v) is 7.93. The number of benzene rings is 1. The second kappa shape index (κ2) is 8.59. The molecule has 2 aliphatic heterocycles. The molecule has 28 heavy (non-hydrogen) atoms. The van der Waals surface area contributed by atoms with Crippen LogP contribution in [0.3, 0.4) is 0 Å². The zero-order valence-electron chi connectivity index (χ0n) is 16.7. The van der Waals surface area contributed by atoms with Crippen LogP contribution in [0.25, 0.3) is 0 Å². The van der Waals surface area contributed by atoms with Gasteiger partial charge in [-0.25, -0.2) is 0 Å². The third kappa shape index (κ3) is 4.11. The lowest BCUT2D eigenvalue weighted by Gasteiger charge is -2.31. The van der Waals surface area contributed by atoms with Crippen LogP contribution >= 0.6 is 0 Å². The van der Waals surface area contributed by atoms with Crippen molar-refractivity contribution in [3.05, 3.63) is 42.0 Å². The number of nitrogens with one attached hydrogen (secondary N) is 1. The summed E-state index contributed by atoms with van der Waals surface area (Å²) in [5.41, 5.74) is 2.42. The summed E-state index contributed by atoms with van der Waals surface area (Å²) in [6.45, 7) is 9.52. The molecule has 0 spiro atoms. The molecule has 1 atom stereocenters. The van der Waals surface area contributed by atoms with E-state index < -0.39 is 6.04 Å². The first-order valence-electron chi connectivity index (χ1n) is 10.1. The standard InChI is InChI=1S/C22H29N3O3/c1-4-20(26)24-11-5-7-16-14-17(8-9-18(16)24)22(28)25-12-6-10-23-21(27)19(25)13-15(2)3/h4,8-9,14-15,19H,1,5-7,10-13H2,2-3H3,(H,23,27). The van der Waals surface area contributed by atoms with Gasteiger partial charge < -0.3 is 15.1 Å². The summed E-state index contributed by atoms with van der Waals surface area (Å²) in [7, 11) is 0. The zero-order chi connectivity index (χ0) is 20.3. The molecular formula is C22H29N3O3. The number of nitrogens with zero attached hydrogens (tertiary/aromatic N) is 2. The van der Waals surface area contributed by atoms with Crippen molar-refractivity contribution in [2.75, 3.05) is 24.5 Å². The van der Waals surface area contributed by atoms with E-state index in [1.807, 2.05) is 12.1 Å². The van der Waals surface area contributed by atoms with Crippen molar-refractivity contribution in [1.82, 2.24) is 10.2 Å². The highest BCUT2D eigenvalue weighted by atomic mass is 16.2. The lowest BCUT2D eigenvalue weighted by Crippen LogP contribution is -2.47. The fourth-order valence-corrected chi connectivity index (χ4v) is 4.04. The van der Waals surface area contributed by atoms with Crippen molar-refractivity contribution >= 4 is 23.4 Å². The summed E-state index contributed by atoms with van der Waals surface area (Å²) in [6.07, 6.45) is 4.39. The van der Waals surface area contributed by atoms with Gasteiger partial charge in [-0.1, -0.05) is 20.4 Å². The van der Waals surface area contributed by atoms with Gasteiger partial charge in [0.05, 0.1) is 0 Å². The molecule has 1 fully saturated rings. The van der Waals surface area contributed by atoms with Gasteiger partial charge in [-0.2, -0.15) is 0 Å². The molecule has 0 radical (unpaired) electrons. The SMILES string of the molecule is C=CC(=O)N1CCCc2cc(C(=O)N3CCCNC(=O)C3CC(C)C)ccc21. The number of hydrogen-bond donors (Lipinski definition) is 1. The van der Waals surface area contributed by atoms with Gasteiger partial charge >= 0.3 is 0 Å². The highest BCUT2D eigenvalue weighted by Crippen LogP contribution is 2.29. The van der Waals surface area contributed by atoms with Crippen LogP contribution in [-0.4, -0.2) is 48.3 Å². The summed E-state index contributed by atoms with van der Waals surface area (Å²) >= 11 is 0. The fraction of sp³-hybridized carbons (Fsp3) is 0.500. The number of carbonyl (C=O) groups is 3. The largest absolute Gasteiger partial charge is 0.354 e. The quantitative estimate of drug-likeness (QED) is 0.813. The third-order valence-electron chi connectivity index (χ3n) is 5.40. The van der Waals surface area contributed by atoms with Crippen molar-refractivity contribution in [2.45, 2.75) is 45.6 Å². The van der Waals surface area contributed by atoms with E-state index in [0.717, 1.165) is 30.5 Å². The summed E-state index contributed by atoms with van der Waals surface area (Å²) in [5.74, 6) is 0.00491. The van der Waals surface area contributed by atoms with E-state index in [1.165, 1.54) is 6.08 Å². The monoisotopic (exact) mass is 383 g/mol. The van der Waals surface area contributed by atoms with Crippen LogP contribution in [0.1, 0.15) is 49.0 Å². The number of anilines is 1. The van der Waals surface area contributed by atoms with Gasteiger partial charge in [-0.3, -0.25) is 14.4 Å². The molecule has 2 aliphatic rings. The molecule has 0 saturated carbocycles. The predicted octanol–water partition coefficient (Wildman–Crippen LogP) is 2.53. The number of carbonyl (C=O) groups excluding carboxylic acids is 3.